The van der Waals surface area contributed by atoms with E-state index in [1.165, 1.54) is 22.3 Å². The molecule has 16 aromatic rings. The monoisotopic (exact) mass is 1460 g/mol. The third kappa shape index (κ3) is 14.4. The molecule has 0 N–H and O–H groups in total. The van der Waals surface area contributed by atoms with E-state index >= 15 is 0 Å². The maximum atomic E-state index is 5.03. The highest BCUT2D eigenvalue weighted by Gasteiger charge is 2.69. The SMILES string of the molecule is C(#Cc1cc(-c2ccccn2)nc(-c2ccccn2)c1)c1ccc(C23CC4(c5ccc(C#Cc6cc(-c7ccccn7)nc(-c7ccccn7)c6)cc5)CC(c5ccc(C#Cc6cc(-c7ccccn7)nc(-c7ccccn7)c6)cc5)(C2)CC(c2ccc(C#Cc5cc(-c6ccccn6)nc(-c6ccccn6)c5)cc2)(C3)C4)cc1. The predicted molar refractivity (Wildman–Crippen MR) is 447 cm³/mol. The second-order valence-electron chi connectivity index (χ2n) is 29.7. The molecule has 0 radical (unpaired) electrons. The summed E-state index contributed by atoms with van der Waals surface area (Å²) in [6.07, 6.45) is 20.0. The lowest BCUT2D eigenvalue weighted by molar-refractivity contribution is -0.0691. The first kappa shape index (κ1) is 69.4. The van der Waals surface area contributed by atoms with Crippen LogP contribution in [-0.2, 0) is 21.7 Å². The van der Waals surface area contributed by atoms with Gasteiger partial charge in [0.05, 0.1) is 91.1 Å². The molecule has 536 valence electrons. The second kappa shape index (κ2) is 30.1. The Balaban J connectivity index is 0.731. The third-order valence-corrected chi connectivity index (χ3v) is 22.2. The minimum atomic E-state index is -0.301. The number of rotatable bonds is 12. The summed E-state index contributed by atoms with van der Waals surface area (Å²) in [7, 11) is 0. The number of benzene rings is 4. The molecule has 0 amide bonds. The van der Waals surface area contributed by atoms with E-state index in [9.17, 15) is 0 Å². The van der Waals surface area contributed by atoms with Crippen LogP contribution in [0.5, 0.6) is 0 Å². The van der Waals surface area contributed by atoms with E-state index in [0.717, 1.165) is 174 Å². The molecule has 12 heteroatoms. The molecule has 12 heterocycles. The molecule has 20 rings (SSSR count). The van der Waals surface area contributed by atoms with Crippen molar-refractivity contribution in [2.45, 2.75) is 60.2 Å². The van der Waals surface area contributed by atoms with Crippen molar-refractivity contribution < 1.29 is 0 Å². The molecule has 0 atom stereocenters. The number of hydrogen-bond donors (Lipinski definition) is 0. The Morgan fingerprint density at radius 2 is 0.307 bits per heavy atom. The molecule has 4 aliphatic carbocycles. The third-order valence-electron chi connectivity index (χ3n) is 22.2. The van der Waals surface area contributed by atoms with E-state index in [-0.39, 0.29) is 21.7 Å². The first-order valence-electron chi connectivity index (χ1n) is 38.1. The molecule has 12 aromatic heterocycles. The molecule has 114 heavy (non-hydrogen) atoms. The summed E-state index contributed by atoms with van der Waals surface area (Å²) < 4.78 is 0. The van der Waals surface area contributed by atoms with Gasteiger partial charge < -0.3 is 0 Å². The minimum absolute atomic E-state index is 0.301. The minimum Gasteiger partial charge on any atom is -0.255 e. The predicted octanol–water partition coefficient (Wildman–Crippen LogP) is 19.8. The summed E-state index contributed by atoms with van der Waals surface area (Å²) in [5, 5.41) is 0. The van der Waals surface area contributed by atoms with Crippen molar-refractivity contribution in [3.8, 4) is 138 Å². The molecule has 0 aliphatic heterocycles. The van der Waals surface area contributed by atoms with Gasteiger partial charge in [0.15, 0.2) is 0 Å². The molecular formula is C102H68N12. The maximum absolute atomic E-state index is 5.03. The molecule has 0 unspecified atom stereocenters. The van der Waals surface area contributed by atoms with Gasteiger partial charge in [-0.15, -0.1) is 0 Å². The topological polar surface area (TPSA) is 155 Å². The van der Waals surface area contributed by atoms with Crippen molar-refractivity contribution >= 4 is 0 Å². The van der Waals surface area contributed by atoms with E-state index < -0.39 is 0 Å². The average molecular weight is 1460 g/mol. The molecule has 4 fully saturated rings. The van der Waals surface area contributed by atoms with Crippen LogP contribution in [0, 0.1) is 47.4 Å². The zero-order valence-corrected chi connectivity index (χ0v) is 61.9. The van der Waals surface area contributed by atoms with Gasteiger partial charge in [-0.05, 0) is 277 Å². The fourth-order valence-corrected chi connectivity index (χ4v) is 17.6. The molecule has 4 bridgehead atoms. The molecule has 4 saturated carbocycles. The Kier molecular flexibility index (Phi) is 18.3. The van der Waals surface area contributed by atoms with Gasteiger partial charge in [-0.25, -0.2) is 19.9 Å². The number of hydrogen-bond acceptors (Lipinski definition) is 12. The molecule has 12 nitrogen and oxygen atoms in total. The van der Waals surface area contributed by atoms with Gasteiger partial charge in [-0.2, -0.15) is 0 Å². The van der Waals surface area contributed by atoms with Crippen molar-refractivity contribution in [3.05, 3.63) is 408 Å². The molecule has 4 aromatic carbocycles. The van der Waals surface area contributed by atoms with Gasteiger partial charge in [0.25, 0.3) is 0 Å². The summed E-state index contributed by atoms with van der Waals surface area (Å²) in [5.74, 6) is 28.5. The number of aromatic nitrogens is 12. The zero-order valence-electron chi connectivity index (χ0n) is 61.9. The summed E-state index contributed by atoms with van der Waals surface area (Å²) in [6.45, 7) is 0. The van der Waals surface area contributed by atoms with Gasteiger partial charge in [-0.3, -0.25) is 39.9 Å². The van der Waals surface area contributed by atoms with Gasteiger partial charge in [0, 0.05) is 94.1 Å². The highest BCUT2D eigenvalue weighted by atomic mass is 14.8. The van der Waals surface area contributed by atoms with Gasteiger partial charge in [-0.1, -0.05) is 144 Å². The van der Waals surface area contributed by atoms with Crippen molar-refractivity contribution in [2.24, 2.45) is 0 Å². The van der Waals surface area contributed by atoms with Crippen LogP contribution in [0.3, 0.4) is 0 Å². The van der Waals surface area contributed by atoms with Crippen LogP contribution < -0.4 is 0 Å². The van der Waals surface area contributed by atoms with Crippen molar-refractivity contribution in [3.63, 3.8) is 0 Å². The number of pyridine rings is 12. The average Bonchev–Trinajstić information content (AvgIpc) is 0.664. The van der Waals surface area contributed by atoms with Crippen LogP contribution in [0.4, 0.5) is 0 Å². The molecule has 0 spiro atoms. The van der Waals surface area contributed by atoms with E-state index in [2.05, 4.69) is 184 Å². The van der Waals surface area contributed by atoms with Gasteiger partial charge in [0.2, 0.25) is 0 Å². The smallest absolute Gasteiger partial charge is 0.0906 e. The van der Waals surface area contributed by atoms with Crippen LogP contribution in [0.15, 0.2) is 341 Å². The second-order valence-corrected chi connectivity index (χ2v) is 29.7. The highest BCUT2D eigenvalue weighted by Crippen LogP contribution is 2.75. The summed E-state index contributed by atoms with van der Waals surface area (Å²) in [4.78, 5) is 57.5. The van der Waals surface area contributed by atoms with Crippen LogP contribution >= 0.6 is 0 Å². The lowest BCUT2D eigenvalue weighted by atomic mass is 9.32. The lowest BCUT2D eigenvalue weighted by Gasteiger charge is -2.71. The lowest BCUT2D eigenvalue weighted by Crippen LogP contribution is -2.67. The first-order chi connectivity index (χ1) is 56.2. The Bertz CT molecular complexity index is 5440. The molecule has 4 aliphatic rings. The number of nitrogens with zero attached hydrogens (tertiary/aromatic N) is 12. The highest BCUT2D eigenvalue weighted by molar-refractivity contribution is 5.71. The fraction of sp³-hybridized carbons (Fsp3) is 0.0980. The van der Waals surface area contributed by atoms with E-state index in [1.54, 1.807) is 49.6 Å². The zero-order chi connectivity index (χ0) is 76.1. The Morgan fingerprint density at radius 1 is 0.158 bits per heavy atom. The Morgan fingerprint density at radius 3 is 0.447 bits per heavy atom. The van der Waals surface area contributed by atoms with Gasteiger partial charge >= 0.3 is 0 Å². The maximum Gasteiger partial charge on any atom is 0.0906 e. The quantitative estimate of drug-likeness (QED) is 0.107. The van der Waals surface area contributed by atoms with Crippen molar-refractivity contribution in [1.82, 2.24) is 59.8 Å². The summed E-state index contributed by atoms with van der Waals surface area (Å²) in [6, 6.07) is 99.8. The van der Waals surface area contributed by atoms with Gasteiger partial charge in [0.1, 0.15) is 0 Å². The molecule has 0 saturated heterocycles. The normalized spacial score (nSPS) is 17.5. The summed E-state index contributed by atoms with van der Waals surface area (Å²) >= 11 is 0. The van der Waals surface area contributed by atoms with E-state index in [0.29, 0.717) is 0 Å². The standard InChI is InChI=1S/C102H68N12/c1-9-49-103-83(17-1)91-57-75(58-92(111-91)84-18-2-10-50-104-84)29-25-71-33-41-79(42-34-71)99-65-100(80-43-35-72(36-44-80)26-30-76-59-93(85-19-3-11-51-105-85)112-94(60-76)86-20-4-12-52-106-86)68-101(66-99,81-45-37-73(38-46-81)27-31-77-61-95(87-21-5-13-53-107-87)113-96(62-77)88-22-6-14-54-108-88)70-102(67-99,69-100)82-47-39-74(40-48-82)28-32-78-63-97(89-23-7-15-55-109-89)114-98(64-78)90-24-8-16-56-110-90/h1-24,33-64H,65-70H2. The van der Waals surface area contributed by atoms with Crippen LogP contribution in [0.2, 0.25) is 0 Å². The Hall–Kier alpha value is -15.1. The fourth-order valence-electron chi connectivity index (χ4n) is 17.6. The van der Waals surface area contributed by atoms with Crippen molar-refractivity contribution in [2.75, 3.05) is 0 Å². The summed E-state index contributed by atoms with van der Waals surface area (Å²) in [5.41, 5.74) is 22.9. The van der Waals surface area contributed by atoms with Crippen LogP contribution in [0.1, 0.15) is 105 Å². The van der Waals surface area contributed by atoms with Crippen LogP contribution in [0.25, 0.3) is 91.1 Å². The van der Waals surface area contributed by atoms with E-state index in [1.807, 2.05) is 194 Å². The molecular weight excluding hydrogens is 1390 g/mol. The first-order valence-corrected chi connectivity index (χ1v) is 38.1. The van der Waals surface area contributed by atoms with E-state index in [4.69, 9.17) is 19.9 Å². The van der Waals surface area contributed by atoms with Crippen LogP contribution in [-0.4, -0.2) is 59.8 Å². The van der Waals surface area contributed by atoms with Crippen molar-refractivity contribution in [1.29, 1.82) is 0 Å². The largest absolute Gasteiger partial charge is 0.255 e. The Labute approximate surface area is 661 Å².